The Morgan fingerprint density at radius 3 is 2.66 bits per heavy atom. The second kappa shape index (κ2) is 7.89. The van der Waals surface area contributed by atoms with Crippen LogP contribution < -0.4 is 9.80 Å². The molecule has 0 unspecified atom stereocenters. The van der Waals surface area contributed by atoms with E-state index in [4.69, 9.17) is 0 Å². The van der Waals surface area contributed by atoms with E-state index >= 15 is 0 Å². The molecule has 3 aromatic rings. The third-order valence-electron chi connectivity index (χ3n) is 7.39. The van der Waals surface area contributed by atoms with Gasteiger partial charge in [0.25, 0.3) is 0 Å². The van der Waals surface area contributed by atoms with Gasteiger partial charge in [-0.25, -0.2) is 13.4 Å². The van der Waals surface area contributed by atoms with Crippen molar-refractivity contribution in [3.05, 3.63) is 48.0 Å². The lowest BCUT2D eigenvalue weighted by molar-refractivity contribution is -0.121. The van der Waals surface area contributed by atoms with Gasteiger partial charge in [-0.2, -0.15) is 4.31 Å². The lowest BCUT2D eigenvalue weighted by Gasteiger charge is -2.26. The zero-order chi connectivity index (χ0) is 24.5. The highest BCUT2D eigenvalue weighted by atomic mass is 32.2. The van der Waals surface area contributed by atoms with Crippen LogP contribution in [-0.2, 0) is 32.6 Å². The molecule has 3 aliphatic rings. The number of sulfonamides is 1. The van der Waals surface area contributed by atoms with Gasteiger partial charge in [0.2, 0.25) is 27.8 Å². The average Bonchev–Trinajstić information content (AvgIpc) is 3.59. The van der Waals surface area contributed by atoms with Crippen molar-refractivity contribution < 1.29 is 18.0 Å². The maximum absolute atomic E-state index is 13.7. The number of aromatic nitrogens is 2. The molecule has 3 aliphatic heterocycles. The van der Waals surface area contributed by atoms with E-state index in [0.717, 1.165) is 22.3 Å². The molecule has 0 bridgehead atoms. The third kappa shape index (κ3) is 3.30. The van der Waals surface area contributed by atoms with Gasteiger partial charge in [0, 0.05) is 38.3 Å². The van der Waals surface area contributed by atoms with Gasteiger partial charge in [-0.05, 0) is 62.1 Å². The fraction of sp³-hybridized carbons (Fsp3) is 0.400. The lowest BCUT2D eigenvalue weighted by atomic mass is 10.1. The number of carbonyl (C=O) groups excluding carboxylic acids is 2. The zero-order valence-corrected chi connectivity index (χ0v) is 20.5. The molecular weight excluding hydrogens is 466 g/mol. The first-order valence-corrected chi connectivity index (χ1v) is 13.4. The first kappa shape index (κ1) is 22.2. The Labute approximate surface area is 204 Å². The normalized spacial score (nSPS) is 22.1. The first-order valence-electron chi connectivity index (χ1n) is 12.0. The number of para-hydroxylation sites is 2. The molecular formula is C25H27N5O4S. The molecule has 1 fully saturated rings. The monoisotopic (exact) mass is 493 g/mol. The summed E-state index contributed by atoms with van der Waals surface area (Å²) in [4.78, 5) is 33.8. The molecule has 9 nitrogen and oxygen atoms in total. The summed E-state index contributed by atoms with van der Waals surface area (Å²) < 4.78 is 30.8. The number of carbonyl (C=O) groups is 2. The van der Waals surface area contributed by atoms with Crippen LogP contribution in [0.5, 0.6) is 0 Å². The van der Waals surface area contributed by atoms with Gasteiger partial charge < -0.3 is 9.47 Å². The topological polar surface area (TPSA) is 95.8 Å². The molecule has 6 rings (SSSR count). The second-order valence-electron chi connectivity index (χ2n) is 9.55. The van der Waals surface area contributed by atoms with Crippen LogP contribution in [0.15, 0.2) is 47.4 Å². The van der Waals surface area contributed by atoms with Crippen molar-refractivity contribution in [3.63, 3.8) is 0 Å². The molecule has 0 saturated carbocycles. The minimum atomic E-state index is -3.89. The highest BCUT2D eigenvalue weighted by molar-refractivity contribution is 7.89. The van der Waals surface area contributed by atoms with Gasteiger partial charge in [-0.1, -0.05) is 12.1 Å². The largest absolute Gasteiger partial charge is 0.309 e. The summed E-state index contributed by atoms with van der Waals surface area (Å²) >= 11 is 0. The van der Waals surface area contributed by atoms with Gasteiger partial charge in [0.1, 0.15) is 6.04 Å². The number of imidazole rings is 1. The van der Waals surface area contributed by atoms with Crippen molar-refractivity contribution in [2.75, 3.05) is 22.9 Å². The van der Waals surface area contributed by atoms with E-state index in [1.54, 1.807) is 28.0 Å². The molecule has 2 atom stereocenters. The first-order chi connectivity index (χ1) is 16.8. The quantitative estimate of drug-likeness (QED) is 0.559. The number of fused-ring (bicyclic) bond motifs is 4. The van der Waals surface area contributed by atoms with Crippen LogP contribution >= 0.6 is 0 Å². The van der Waals surface area contributed by atoms with Gasteiger partial charge in [-0.3, -0.25) is 14.5 Å². The van der Waals surface area contributed by atoms with E-state index in [-0.39, 0.29) is 22.8 Å². The maximum atomic E-state index is 13.7. The van der Waals surface area contributed by atoms with Crippen LogP contribution in [0.1, 0.15) is 32.3 Å². The van der Waals surface area contributed by atoms with Crippen molar-refractivity contribution in [2.24, 2.45) is 0 Å². The molecule has 2 aromatic carbocycles. The van der Waals surface area contributed by atoms with E-state index in [9.17, 15) is 18.0 Å². The summed E-state index contributed by atoms with van der Waals surface area (Å²) in [6.07, 6.45) is 1.71. The van der Waals surface area contributed by atoms with Crippen LogP contribution in [0.25, 0.3) is 11.0 Å². The summed E-state index contributed by atoms with van der Waals surface area (Å²) in [6.45, 7) is 4.89. The van der Waals surface area contributed by atoms with E-state index in [1.165, 1.54) is 11.2 Å². The molecule has 182 valence electrons. The molecule has 0 spiro atoms. The van der Waals surface area contributed by atoms with Gasteiger partial charge in [-0.15, -0.1) is 0 Å². The van der Waals surface area contributed by atoms with Crippen LogP contribution in [0.3, 0.4) is 0 Å². The summed E-state index contributed by atoms with van der Waals surface area (Å²) in [5.41, 5.74) is 3.39. The Morgan fingerprint density at radius 1 is 1.06 bits per heavy atom. The lowest BCUT2D eigenvalue weighted by Crippen LogP contribution is -2.47. The predicted octanol–water partition coefficient (Wildman–Crippen LogP) is 2.53. The molecule has 4 heterocycles. The van der Waals surface area contributed by atoms with Crippen molar-refractivity contribution in [3.8, 4) is 0 Å². The van der Waals surface area contributed by atoms with Crippen molar-refractivity contribution in [1.29, 1.82) is 0 Å². The van der Waals surface area contributed by atoms with E-state index < -0.39 is 16.1 Å². The maximum Gasteiger partial charge on any atom is 0.247 e. The molecule has 1 aromatic heterocycles. The standard InChI is InChI=1S/C25H27N5O4S/c1-16-14-18-15-19(9-10-21(18)30(16)17(2)31)35(33,34)29-11-5-8-23(29)24(32)28-13-12-27-22-7-4-3-6-20(22)26-25(27)28/h3-4,6-7,9-10,15-16,23H,5,8,11-14H2,1-2H3/t16-,23+/m0/s1. The van der Waals surface area contributed by atoms with Crippen molar-refractivity contribution >= 4 is 44.5 Å². The smallest absolute Gasteiger partial charge is 0.247 e. The van der Waals surface area contributed by atoms with Crippen LogP contribution in [-0.4, -0.2) is 59.3 Å². The fourth-order valence-electron chi connectivity index (χ4n) is 5.84. The van der Waals surface area contributed by atoms with E-state index in [1.807, 2.05) is 35.8 Å². The number of benzene rings is 2. The molecule has 1 saturated heterocycles. The Kier molecular flexibility index (Phi) is 5.01. The minimum absolute atomic E-state index is 0.0176. The Balaban J connectivity index is 1.30. The summed E-state index contributed by atoms with van der Waals surface area (Å²) in [7, 11) is -3.89. The van der Waals surface area contributed by atoms with E-state index in [0.29, 0.717) is 44.8 Å². The van der Waals surface area contributed by atoms with Crippen LogP contribution in [0, 0.1) is 0 Å². The fourth-order valence-corrected chi connectivity index (χ4v) is 7.54. The molecule has 2 amide bonds. The number of amides is 2. The number of hydrogen-bond acceptors (Lipinski definition) is 5. The van der Waals surface area contributed by atoms with Crippen LogP contribution in [0.4, 0.5) is 11.6 Å². The molecule has 0 aliphatic carbocycles. The minimum Gasteiger partial charge on any atom is -0.309 e. The summed E-state index contributed by atoms with van der Waals surface area (Å²) in [5.74, 6) is 0.294. The van der Waals surface area contributed by atoms with Gasteiger partial charge in [0.15, 0.2) is 0 Å². The second-order valence-corrected chi connectivity index (χ2v) is 11.4. The number of anilines is 2. The molecule has 0 radical (unpaired) electrons. The molecule has 35 heavy (non-hydrogen) atoms. The van der Waals surface area contributed by atoms with Crippen molar-refractivity contribution in [2.45, 2.75) is 56.6 Å². The highest BCUT2D eigenvalue weighted by Gasteiger charge is 2.44. The average molecular weight is 494 g/mol. The van der Waals surface area contributed by atoms with Gasteiger partial charge in [0.05, 0.1) is 15.9 Å². The SMILES string of the molecule is CC(=O)N1c2ccc(S(=O)(=O)N3CCC[C@@H]3C(=O)N3CCn4c3nc3ccccc34)cc2C[C@@H]1C. The Bertz CT molecular complexity index is 1480. The highest BCUT2D eigenvalue weighted by Crippen LogP contribution is 2.36. The molecule has 0 N–H and O–H groups in total. The number of rotatable bonds is 3. The molecule has 10 heteroatoms. The Hall–Kier alpha value is -3.24. The predicted molar refractivity (Wildman–Crippen MR) is 132 cm³/mol. The number of hydrogen-bond donors (Lipinski definition) is 0. The summed E-state index contributed by atoms with van der Waals surface area (Å²) in [6, 6.07) is 11.9. The third-order valence-corrected chi connectivity index (χ3v) is 9.29. The van der Waals surface area contributed by atoms with Crippen molar-refractivity contribution in [1.82, 2.24) is 13.9 Å². The number of nitrogens with zero attached hydrogens (tertiary/aromatic N) is 5. The van der Waals surface area contributed by atoms with Gasteiger partial charge >= 0.3 is 0 Å². The van der Waals surface area contributed by atoms with Crippen LogP contribution in [0.2, 0.25) is 0 Å². The zero-order valence-electron chi connectivity index (χ0n) is 19.7. The Morgan fingerprint density at radius 2 is 1.86 bits per heavy atom. The van der Waals surface area contributed by atoms with E-state index in [2.05, 4.69) is 4.98 Å². The summed E-state index contributed by atoms with van der Waals surface area (Å²) in [5, 5.41) is 0.